The molecule has 0 radical (unpaired) electrons. The van der Waals surface area contributed by atoms with Crippen molar-refractivity contribution in [2.45, 2.75) is 56.5 Å². The van der Waals surface area contributed by atoms with Crippen LogP contribution in [0.2, 0.25) is 0 Å². The van der Waals surface area contributed by atoms with E-state index in [2.05, 4.69) is 52.8 Å². The summed E-state index contributed by atoms with van der Waals surface area (Å²) in [6, 6.07) is 18.7. The normalized spacial score (nSPS) is 25.2. The number of hydrogen-bond donors (Lipinski definition) is 2. The highest BCUT2D eigenvalue weighted by molar-refractivity contribution is 7.80. The summed E-state index contributed by atoms with van der Waals surface area (Å²) in [5, 5.41) is 18.6. The van der Waals surface area contributed by atoms with Crippen LogP contribution in [0.5, 0.6) is 0 Å². The number of nitro groups is 1. The lowest BCUT2D eigenvalue weighted by Gasteiger charge is -2.45. The summed E-state index contributed by atoms with van der Waals surface area (Å²) < 4.78 is 0. The van der Waals surface area contributed by atoms with Crippen LogP contribution in [0.25, 0.3) is 0 Å². The third-order valence-corrected chi connectivity index (χ3v) is 7.49. The van der Waals surface area contributed by atoms with Gasteiger partial charge in [-0.25, -0.2) is 0 Å². The highest BCUT2D eigenvalue weighted by Crippen LogP contribution is 2.49. The average molecular weight is 453 g/mol. The molecule has 2 N–H and O–H groups in total. The fourth-order valence-corrected chi connectivity index (χ4v) is 5.92. The van der Waals surface area contributed by atoms with Gasteiger partial charge in [0.15, 0.2) is 5.11 Å². The molecule has 0 spiro atoms. The number of thiocarbonyl (C=S) groups is 1. The Kier molecular flexibility index (Phi) is 7.06. The van der Waals surface area contributed by atoms with E-state index in [1.165, 1.54) is 11.1 Å². The predicted molar refractivity (Wildman–Crippen MR) is 132 cm³/mol. The molecule has 1 saturated heterocycles. The average Bonchev–Trinajstić information content (AvgIpc) is 3.17. The molecule has 2 aromatic rings. The molecule has 0 bridgehead atoms. The lowest BCUT2D eigenvalue weighted by molar-refractivity contribution is -0.384. The molecule has 6 nitrogen and oxygen atoms in total. The zero-order valence-corrected chi connectivity index (χ0v) is 19.4. The fraction of sp³-hybridized carbons (Fsp3) is 0.480. The summed E-state index contributed by atoms with van der Waals surface area (Å²) in [6.45, 7) is 4.95. The van der Waals surface area contributed by atoms with Gasteiger partial charge in [0.25, 0.3) is 5.69 Å². The number of hydrogen-bond acceptors (Lipinski definition) is 4. The lowest BCUT2D eigenvalue weighted by Crippen LogP contribution is -2.53. The quantitative estimate of drug-likeness (QED) is 0.373. The Labute approximate surface area is 195 Å². The zero-order chi connectivity index (χ0) is 22.6. The maximum atomic E-state index is 11.2. The minimum atomic E-state index is -0.317. The van der Waals surface area contributed by atoms with Gasteiger partial charge in [0.2, 0.25) is 0 Å². The minimum absolute atomic E-state index is 0.0454. The maximum Gasteiger partial charge on any atom is 0.269 e. The van der Waals surface area contributed by atoms with Gasteiger partial charge in [-0.1, -0.05) is 42.5 Å². The first-order valence-corrected chi connectivity index (χ1v) is 12.0. The third kappa shape index (κ3) is 4.79. The Bertz CT molecular complexity index is 937. The molecule has 170 valence electrons. The highest BCUT2D eigenvalue weighted by atomic mass is 32.1. The van der Waals surface area contributed by atoms with Crippen LogP contribution in [-0.4, -0.2) is 46.7 Å². The molecule has 0 unspecified atom stereocenters. The Morgan fingerprint density at radius 2 is 1.94 bits per heavy atom. The van der Waals surface area contributed by atoms with Crippen molar-refractivity contribution in [2.75, 3.05) is 19.6 Å². The van der Waals surface area contributed by atoms with E-state index in [4.69, 9.17) is 12.2 Å². The van der Waals surface area contributed by atoms with E-state index < -0.39 is 0 Å². The number of non-ortho nitro benzene ring substituents is 1. The molecule has 7 heteroatoms. The van der Waals surface area contributed by atoms with Gasteiger partial charge in [-0.2, -0.15) is 0 Å². The number of rotatable bonds is 7. The van der Waals surface area contributed by atoms with Crippen molar-refractivity contribution < 1.29 is 4.92 Å². The Morgan fingerprint density at radius 1 is 1.19 bits per heavy atom. The van der Waals surface area contributed by atoms with Gasteiger partial charge in [-0.15, -0.1) is 0 Å². The highest BCUT2D eigenvalue weighted by Gasteiger charge is 2.51. The maximum absolute atomic E-state index is 11.2. The molecule has 4 rings (SSSR count). The second-order valence-electron chi connectivity index (χ2n) is 8.97. The lowest BCUT2D eigenvalue weighted by atomic mass is 9.65. The second kappa shape index (κ2) is 9.96. The number of fused-ring (bicyclic) bond motifs is 1. The molecular formula is C25H32N4O2S. The Hall–Kier alpha value is -2.51. The largest absolute Gasteiger partial charge is 0.363 e. The van der Waals surface area contributed by atoms with E-state index in [1.54, 1.807) is 12.1 Å². The van der Waals surface area contributed by atoms with Crippen LogP contribution >= 0.6 is 12.2 Å². The van der Waals surface area contributed by atoms with Crippen LogP contribution in [0.4, 0.5) is 5.69 Å². The van der Waals surface area contributed by atoms with Crippen molar-refractivity contribution in [3.63, 3.8) is 0 Å². The topological polar surface area (TPSA) is 70.4 Å². The number of nitrogens with zero attached hydrogens (tertiary/aromatic N) is 2. The molecule has 2 aromatic carbocycles. The number of nitro benzene ring substituents is 1. The van der Waals surface area contributed by atoms with Crippen molar-refractivity contribution in [1.82, 2.24) is 15.5 Å². The van der Waals surface area contributed by atoms with Gasteiger partial charge in [-0.05, 0) is 68.9 Å². The van der Waals surface area contributed by atoms with Crippen molar-refractivity contribution in [3.05, 3.63) is 75.8 Å². The van der Waals surface area contributed by atoms with Gasteiger partial charge >= 0.3 is 0 Å². The first kappa shape index (κ1) is 22.7. The molecule has 1 aliphatic heterocycles. The van der Waals surface area contributed by atoms with E-state index in [-0.39, 0.29) is 16.0 Å². The van der Waals surface area contributed by atoms with E-state index in [0.29, 0.717) is 12.1 Å². The third-order valence-electron chi connectivity index (χ3n) is 7.23. The standard InChI is InChI=1S/C25H32N4O2S/c1-2-26-24(32)27-21-12-14-25(20-8-10-22(11-9-20)29(30)31)15-17-28(23(25)18-21)16-13-19-6-4-3-5-7-19/h3-11,21,23H,2,12-18H2,1H3,(H2,26,27,32)/t21-,23+,25+/m1/s1. The van der Waals surface area contributed by atoms with Crippen molar-refractivity contribution in [3.8, 4) is 0 Å². The van der Waals surface area contributed by atoms with Gasteiger partial charge in [0.1, 0.15) is 0 Å². The number of nitrogens with one attached hydrogen (secondary N) is 2. The number of benzene rings is 2. The second-order valence-corrected chi connectivity index (χ2v) is 9.38. The summed E-state index contributed by atoms with van der Waals surface area (Å²) >= 11 is 5.46. The van der Waals surface area contributed by atoms with Crippen LogP contribution in [-0.2, 0) is 11.8 Å². The smallest absolute Gasteiger partial charge is 0.269 e. The van der Waals surface area contributed by atoms with E-state index in [0.717, 1.165) is 56.9 Å². The van der Waals surface area contributed by atoms with Crippen LogP contribution in [0.3, 0.4) is 0 Å². The Balaban J connectivity index is 1.55. The molecule has 32 heavy (non-hydrogen) atoms. The predicted octanol–water partition coefficient (Wildman–Crippen LogP) is 4.19. The Morgan fingerprint density at radius 3 is 2.62 bits per heavy atom. The van der Waals surface area contributed by atoms with E-state index in [9.17, 15) is 10.1 Å². The van der Waals surface area contributed by atoms with Gasteiger partial charge < -0.3 is 10.6 Å². The number of likely N-dealkylation sites (tertiary alicyclic amines) is 1. The van der Waals surface area contributed by atoms with Crippen molar-refractivity contribution in [1.29, 1.82) is 0 Å². The van der Waals surface area contributed by atoms with Crippen molar-refractivity contribution in [2.24, 2.45) is 0 Å². The van der Waals surface area contributed by atoms with E-state index in [1.807, 2.05) is 12.1 Å². The molecule has 2 aliphatic rings. The monoisotopic (exact) mass is 452 g/mol. The molecule has 0 aromatic heterocycles. The van der Waals surface area contributed by atoms with Crippen LogP contribution in [0.1, 0.15) is 43.7 Å². The minimum Gasteiger partial charge on any atom is -0.363 e. The molecule has 1 aliphatic carbocycles. The summed E-state index contributed by atoms with van der Waals surface area (Å²) in [4.78, 5) is 13.5. The first-order valence-electron chi connectivity index (χ1n) is 11.6. The molecular weight excluding hydrogens is 420 g/mol. The van der Waals surface area contributed by atoms with Gasteiger partial charge in [0.05, 0.1) is 4.92 Å². The van der Waals surface area contributed by atoms with Crippen LogP contribution in [0.15, 0.2) is 54.6 Å². The zero-order valence-electron chi connectivity index (χ0n) is 18.6. The summed E-state index contributed by atoms with van der Waals surface area (Å²) in [5.74, 6) is 0. The molecule has 2 fully saturated rings. The molecule has 1 saturated carbocycles. The van der Waals surface area contributed by atoms with E-state index >= 15 is 0 Å². The van der Waals surface area contributed by atoms with Crippen LogP contribution in [0, 0.1) is 10.1 Å². The SMILES string of the molecule is CCNC(=S)N[C@@H]1CC[C@@]2(c3ccc([N+](=O)[O-])cc3)CCN(CCc3ccccc3)[C@H]2C1. The van der Waals surface area contributed by atoms with Gasteiger partial charge in [-0.3, -0.25) is 15.0 Å². The summed E-state index contributed by atoms with van der Waals surface area (Å²) in [6.07, 6.45) is 5.25. The first-order chi connectivity index (χ1) is 15.5. The molecule has 1 heterocycles. The van der Waals surface area contributed by atoms with Gasteiger partial charge in [0, 0.05) is 42.7 Å². The van der Waals surface area contributed by atoms with Crippen LogP contribution < -0.4 is 10.6 Å². The fourth-order valence-electron chi connectivity index (χ4n) is 5.61. The molecule has 0 amide bonds. The summed E-state index contributed by atoms with van der Waals surface area (Å²) in [5.41, 5.74) is 2.80. The summed E-state index contributed by atoms with van der Waals surface area (Å²) in [7, 11) is 0. The van der Waals surface area contributed by atoms with Crippen molar-refractivity contribution >= 4 is 23.0 Å². The molecule has 3 atom stereocenters.